The van der Waals surface area contributed by atoms with Crippen molar-refractivity contribution < 1.29 is 14.6 Å². The molecule has 6 fully saturated rings. The Morgan fingerprint density at radius 3 is 2.40 bits per heavy atom. The summed E-state index contributed by atoms with van der Waals surface area (Å²) in [4.78, 5) is 0. The van der Waals surface area contributed by atoms with Crippen molar-refractivity contribution in [3.05, 3.63) is 0 Å². The summed E-state index contributed by atoms with van der Waals surface area (Å²) in [5.41, 5.74) is 0.899. The fraction of sp³-hybridized carbons (Fsp3) is 1.00. The molecule has 6 aliphatic rings. The van der Waals surface area contributed by atoms with Gasteiger partial charge in [-0.05, 0) is 104 Å². The molecule has 3 heteroatoms. The molecule has 1 N–H and O–H groups in total. The molecule has 30 heavy (non-hydrogen) atoms. The number of aliphatic hydroxyl groups excluding tert-OH is 1. The molecule has 3 nitrogen and oxygen atoms in total. The second kappa shape index (κ2) is 6.70. The number of fused-ring (bicyclic) bond motifs is 7. The lowest BCUT2D eigenvalue weighted by Crippen LogP contribution is -2.55. The molecule has 6 rings (SSSR count). The summed E-state index contributed by atoms with van der Waals surface area (Å²) in [7, 11) is 0. The minimum absolute atomic E-state index is 0.0389. The van der Waals surface area contributed by atoms with Gasteiger partial charge in [-0.25, -0.2) is 0 Å². The average molecular weight is 417 g/mol. The number of ether oxygens (including phenoxy) is 2. The normalized spacial score (nSPS) is 62.5. The molecule has 4 aliphatic carbocycles. The van der Waals surface area contributed by atoms with E-state index in [1.165, 1.54) is 44.9 Å². The van der Waals surface area contributed by atoms with E-state index in [0.717, 1.165) is 49.5 Å². The molecule has 4 saturated carbocycles. The summed E-state index contributed by atoms with van der Waals surface area (Å²) in [6, 6.07) is 0. The molecule has 0 aromatic heterocycles. The van der Waals surface area contributed by atoms with Crippen molar-refractivity contribution in [3.8, 4) is 0 Å². The minimum Gasteiger partial charge on any atom is -0.393 e. The Balaban J connectivity index is 1.26. The molecule has 0 bridgehead atoms. The minimum atomic E-state index is -0.282. The Kier molecular flexibility index (Phi) is 4.58. The van der Waals surface area contributed by atoms with Crippen molar-refractivity contribution in [2.24, 2.45) is 52.3 Å². The molecule has 1 spiro atoms. The van der Waals surface area contributed by atoms with Crippen LogP contribution in [0.3, 0.4) is 0 Å². The van der Waals surface area contributed by atoms with Crippen LogP contribution in [0.25, 0.3) is 0 Å². The Morgan fingerprint density at radius 2 is 1.63 bits per heavy atom. The standard InChI is InChI=1S/C27H44O3/c1-16-7-12-27(29-15-16)17(2)24-23(30-27)14-22-20-6-5-18-13-19(28)8-10-25(18,3)21(20)9-11-26(22,24)4/h16-24,28H,5-15H2,1-4H3/t16?,17?,18?,19-,20?,21?,22?,23?,24?,25-,26-,27?/m0/s1. The van der Waals surface area contributed by atoms with E-state index in [2.05, 4.69) is 27.7 Å². The van der Waals surface area contributed by atoms with Gasteiger partial charge in [-0.2, -0.15) is 0 Å². The van der Waals surface area contributed by atoms with E-state index in [-0.39, 0.29) is 11.9 Å². The lowest BCUT2D eigenvalue weighted by molar-refractivity contribution is -0.273. The van der Waals surface area contributed by atoms with Gasteiger partial charge in [0.05, 0.1) is 18.8 Å². The lowest BCUT2D eigenvalue weighted by atomic mass is 9.44. The first kappa shape index (κ1) is 20.5. The van der Waals surface area contributed by atoms with Crippen molar-refractivity contribution in [3.63, 3.8) is 0 Å². The molecular formula is C27H44O3. The van der Waals surface area contributed by atoms with Gasteiger partial charge in [-0.3, -0.25) is 0 Å². The highest BCUT2D eigenvalue weighted by Crippen LogP contribution is 2.71. The highest BCUT2D eigenvalue weighted by molar-refractivity contribution is 5.15. The zero-order chi connectivity index (χ0) is 20.9. The van der Waals surface area contributed by atoms with E-state index in [1.54, 1.807) is 0 Å². The van der Waals surface area contributed by atoms with Gasteiger partial charge in [0.1, 0.15) is 0 Å². The van der Waals surface area contributed by atoms with E-state index < -0.39 is 0 Å². The van der Waals surface area contributed by atoms with Crippen LogP contribution in [0.4, 0.5) is 0 Å². The first-order valence-corrected chi connectivity index (χ1v) is 13.3. The van der Waals surface area contributed by atoms with E-state index >= 15 is 0 Å². The Labute approximate surface area is 183 Å². The molecule has 170 valence electrons. The third-order valence-corrected chi connectivity index (χ3v) is 11.9. The molecule has 2 saturated heterocycles. The smallest absolute Gasteiger partial charge is 0.171 e. The number of hydrogen-bond acceptors (Lipinski definition) is 3. The van der Waals surface area contributed by atoms with Crippen LogP contribution < -0.4 is 0 Å². The Bertz CT molecular complexity index is 684. The fourth-order valence-electron chi connectivity index (χ4n) is 10.3. The van der Waals surface area contributed by atoms with Crippen LogP contribution in [0, 0.1) is 52.3 Å². The maximum Gasteiger partial charge on any atom is 0.171 e. The molecule has 0 aromatic rings. The van der Waals surface area contributed by atoms with Crippen LogP contribution >= 0.6 is 0 Å². The number of aliphatic hydroxyl groups is 1. The first-order valence-electron chi connectivity index (χ1n) is 13.3. The van der Waals surface area contributed by atoms with Gasteiger partial charge in [0.25, 0.3) is 0 Å². The zero-order valence-electron chi connectivity index (χ0n) is 19.7. The molecule has 9 unspecified atom stereocenters. The largest absolute Gasteiger partial charge is 0.393 e. The molecule has 0 aromatic carbocycles. The van der Waals surface area contributed by atoms with Gasteiger partial charge >= 0.3 is 0 Å². The van der Waals surface area contributed by atoms with Gasteiger partial charge < -0.3 is 14.6 Å². The molecule has 12 atom stereocenters. The zero-order valence-corrected chi connectivity index (χ0v) is 19.7. The van der Waals surface area contributed by atoms with Gasteiger partial charge in [-0.15, -0.1) is 0 Å². The van der Waals surface area contributed by atoms with Gasteiger partial charge in [0.15, 0.2) is 5.79 Å². The molecule has 2 heterocycles. The Hall–Kier alpha value is -0.120. The van der Waals surface area contributed by atoms with Crippen molar-refractivity contribution in [2.45, 2.75) is 110 Å². The maximum absolute atomic E-state index is 10.3. The van der Waals surface area contributed by atoms with Crippen LogP contribution in [-0.4, -0.2) is 29.7 Å². The van der Waals surface area contributed by atoms with Crippen molar-refractivity contribution in [1.82, 2.24) is 0 Å². The summed E-state index contributed by atoms with van der Waals surface area (Å²) in [6.07, 6.45) is 12.9. The fourth-order valence-corrected chi connectivity index (χ4v) is 10.3. The SMILES string of the molecule is CC1CCC2(OC1)OC1CC3C4CCC5C[C@@H](O)CC[C@]5(C)C4CC[C@]3(C)C1C2C. The van der Waals surface area contributed by atoms with Crippen LogP contribution in [-0.2, 0) is 9.47 Å². The summed E-state index contributed by atoms with van der Waals surface area (Å²) < 4.78 is 13.4. The first-order chi connectivity index (χ1) is 14.3. The highest BCUT2D eigenvalue weighted by atomic mass is 16.7. The Morgan fingerprint density at radius 1 is 0.833 bits per heavy atom. The summed E-state index contributed by atoms with van der Waals surface area (Å²) in [6.45, 7) is 10.9. The maximum atomic E-state index is 10.3. The molecule has 0 radical (unpaired) electrons. The highest BCUT2D eigenvalue weighted by Gasteiger charge is 2.69. The van der Waals surface area contributed by atoms with E-state index in [9.17, 15) is 5.11 Å². The van der Waals surface area contributed by atoms with Gasteiger partial charge in [0, 0.05) is 12.3 Å². The van der Waals surface area contributed by atoms with Crippen molar-refractivity contribution in [1.29, 1.82) is 0 Å². The average Bonchev–Trinajstić information content (AvgIpc) is 3.16. The van der Waals surface area contributed by atoms with E-state index in [4.69, 9.17) is 9.47 Å². The predicted octanol–water partition coefficient (Wildman–Crippen LogP) is 5.79. The second-order valence-corrected chi connectivity index (χ2v) is 13.1. The summed E-state index contributed by atoms with van der Waals surface area (Å²) in [5.74, 6) is 4.93. The van der Waals surface area contributed by atoms with Gasteiger partial charge in [0.2, 0.25) is 0 Å². The monoisotopic (exact) mass is 416 g/mol. The second-order valence-electron chi connectivity index (χ2n) is 13.1. The van der Waals surface area contributed by atoms with Crippen LogP contribution in [0.15, 0.2) is 0 Å². The third kappa shape index (κ3) is 2.61. The van der Waals surface area contributed by atoms with Crippen LogP contribution in [0.5, 0.6) is 0 Å². The number of hydrogen-bond donors (Lipinski definition) is 1. The van der Waals surface area contributed by atoms with E-state index in [0.29, 0.717) is 34.7 Å². The topological polar surface area (TPSA) is 38.7 Å². The van der Waals surface area contributed by atoms with Crippen molar-refractivity contribution in [2.75, 3.05) is 6.61 Å². The quantitative estimate of drug-likeness (QED) is 0.543. The molecular weight excluding hydrogens is 372 g/mol. The van der Waals surface area contributed by atoms with E-state index in [1.807, 2.05) is 0 Å². The predicted molar refractivity (Wildman–Crippen MR) is 118 cm³/mol. The molecule has 0 amide bonds. The van der Waals surface area contributed by atoms with Crippen LogP contribution in [0.1, 0.15) is 91.9 Å². The third-order valence-electron chi connectivity index (χ3n) is 11.9. The molecule has 2 aliphatic heterocycles. The van der Waals surface area contributed by atoms with Crippen molar-refractivity contribution >= 4 is 0 Å². The lowest BCUT2D eigenvalue weighted by Gasteiger charge is -2.61. The summed E-state index contributed by atoms with van der Waals surface area (Å²) >= 11 is 0. The summed E-state index contributed by atoms with van der Waals surface area (Å²) in [5, 5.41) is 10.3. The number of rotatable bonds is 0. The van der Waals surface area contributed by atoms with Crippen LogP contribution in [0.2, 0.25) is 0 Å². The van der Waals surface area contributed by atoms with Gasteiger partial charge in [-0.1, -0.05) is 27.7 Å².